The van der Waals surface area contributed by atoms with Crippen LogP contribution in [0.2, 0.25) is 0 Å². The van der Waals surface area contributed by atoms with Gasteiger partial charge in [0.05, 0.1) is 5.69 Å². The van der Waals surface area contributed by atoms with E-state index in [1.807, 2.05) is 19.1 Å². The minimum atomic E-state index is -1.15. The van der Waals surface area contributed by atoms with Gasteiger partial charge in [-0.25, -0.2) is 9.48 Å². The van der Waals surface area contributed by atoms with Crippen molar-refractivity contribution in [1.82, 2.24) is 9.78 Å². The van der Waals surface area contributed by atoms with Crippen molar-refractivity contribution in [2.45, 2.75) is 13.3 Å². The molecule has 2 N–H and O–H groups in total. The van der Waals surface area contributed by atoms with Crippen molar-refractivity contribution in [3.63, 3.8) is 0 Å². The maximum atomic E-state index is 11.6. The number of carbonyl (C=O) groups is 1. The van der Waals surface area contributed by atoms with E-state index in [-0.39, 0.29) is 11.3 Å². The summed E-state index contributed by atoms with van der Waals surface area (Å²) in [6.45, 7) is 2.04. The lowest BCUT2D eigenvalue weighted by Crippen LogP contribution is -2.13. The molecular formula is C12H12N2O3. The lowest BCUT2D eigenvalue weighted by molar-refractivity contribution is 0.0690. The van der Waals surface area contributed by atoms with E-state index in [0.717, 1.165) is 18.1 Å². The number of H-pyrrole nitrogens is 1. The van der Waals surface area contributed by atoms with E-state index in [1.165, 1.54) is 4.68 Å². The van der Waals surface area contributed by atoms with Crippen LogP contribution < -0.4 is 5.56 Å². The van der Waals surface area contributed by atoms with Crippen LogP contribution in [0.4, 0.5) is 0 Å². The highest BCUT2D eigenvalue weighted by molar-refractivity contribution is 5.85. The predicted molar refractivity (Wildman–Crippen MR) is 62.7 cm³/mol. The van der Waals surface area contributed by atoms with Gasteiger partial charge in [-0.1, -0.05) is 19.1 Å². The van der Waals surface area contributed by atoms with E-state index in [2.05, 4.69) is 5.10 Å². The number of aromatic amines is 1. The Bertz CT molecular complexity index is 593. The number of aryl methyl sites for hydroxylation is 1. The highest BCUT2D eigenvalue weighted by atomic mass is 16.4. The Morgan fingerprint density at radius 3 is 2.47 bits per heavy atom. The fraction of sp³-hybridized carbons (Fsp3) is 0.167. The standard InChI is InChI=1S/C12H12N2O3/c1-2-8-3-5-9(6-4-8)14-11(15)7-10(13-14)12(16)17/h3-7,13H,2H2,1H3,(H,16,17). The van der Waals surface area contributed by atoms with Crippen LogP contribution in [0.1, 0.15) is 23.0 Å². The van der Waals surface area contributed by atoms with Gasteiger partial charge in [0.1, 0.15) is 5.69 Å². The number of benzene rings is 1. The van der Waals surface area contributed by atoms with Gasteiger partial charge >= 0.3 is 5.97 Å². The maximum absolute atomic E-state index is 11.6. The molecule has 2 rings (SSSR count). The molecule has 0 atom stereocenters. The van der Waals surface area contributed by atoms with Gasteiger partial charge in [0.25, 0.3) is 5.56 Å². The van der Waals surface area contributed by atoms with E-state index in [1.54, 1.807) is 12.1 Å². The van der Waals surface area contributed by atoms with E-state index in [4.69, 9.17) is 5.11 Å². The maximum Gasteiger partial charge on any atom is 0.353 e. The van der Waals surface area contributed by atoms with Crippen molar-refractivity contribution < 1.29 is 9.90 Å². The summed E-state index contributed by atoms with van der Waals surface area (Å²) in [5, 5.41) is 11.3. The number of aromatic nitrogens is 2. The Labute approximate surface area is 97.3 Å². The average Bonchev–Trinajstić information content (AvgIpc) is 2.72. The molecule has 0 spiro atoms. The first kappa shape index (κ1) is 11.2. The van der Waals surface area contributed by atoms with Crippen LogP contribution in [0.15, 0.2) is 35.1 Å². The van der Waals surface area contributed by atoms with E-state index < -0.39 is 5.97 Å². The Kier molecular flexibility index (Phi) is 2.82. The molecule has 5 heteroatoms. The smallest absolute Gasteiger partial charge is 0.353 e. The predicted octanol–water partition coefficient (Wildman–Crippen LogP) is 1.43. The van der Waals surface area contributed by atoms with Crippen molar-refractivity contribution in [1.29, 1.82) is 0 Å². The second kappa shape index (κ2) is 4.29. The molecule has 5 nitrogen and oxygen atoms in total. The lowest BCUT2D eigenvalue weighted by atomic mass is 10.1. The van der Waals surface area contributed by atoms with Gasteiger partial charge in [-0.05, 0) is 24.1 Å². The third kappa shape index (κ3) is 2.13. The normalized spacial score (nSPS) is 10.4. The summed E-state index contributed by atoms with van der Waals surface area (Å²) in [6, 6.07) is 8.44. The summed E-state index contributed by atoms with van der Waals surface area (Å²) in [6.07, 6.45) is 0.917. The molecule has 0 unspecified atom stereocenters. The molecule has 0 radical (unpaired) electrons. The van der Waals surface area contributed by atoms with Gasteiger partial charge in [0.2, 0.25) is 0 Å². The number of aromatic carboxylic acids is 1. The molecule has 2 aromatic rings. The number of carboxylic acid groups (broad SMARTS) is 1. The molecule has 0 aliphatic carbocycles. The molecule has 0 aliphatic heterocycles. The lowest BCUT2D eigenvalue weighted by Gasteiger charge is -2.02. The van der Waals surface area contributed by atoms with Crippen LogP contribution in [0.3, 0.4) is 0 Å². The Hall–Kier alpha value is -2.30. The zero-order valence-electron chi connectivity index (χ0n) is 9.30. The quantitative estimate of drug-likeness (QED) is 0.840. The highest BCUT2D eigenvalue weighted by Gasteiger charge is 2.10. The van der Waals surface area contributed by atoms with Gasteiger partial charge < -0.3 is 5.11 Å². The van der Waals surface area contributed by atoms with Crippen LogP contribution in [0.5, 0.6) is 0 Å². The molecule has 0 aliphatic rings. The molecule has 1 heterocycles. The van der Waals surface area contributed by atoms with Gasteiger partial charge in [-0.3, -0.25) is 9.89 Å². The summed E-state index contributed by atoms with van der Waals surface area (Å²) in [7, 11) is 0. The minimum Gasteiger partial charge on any atom is -0.477 e. The molecular weight excluding hydrogens is 220 g/mol. The van der Waals surface area contributed by atoms with Crippen LogP contribution in [-0.4, -0.2) is 20.9 Å². The van der Waals surface area contributed by atoms with E-state index in [9.17, 15) is 9.59 Å². The zero-order chi connectivity index (χ0) is 12.4. The van der Waals surface area contributed by atoms with Gasteiger partial charge in [-0.15, -0.1) is 0 Å². The van der Waals surface area contributed by atoms with E-state index in [0.29, 0.717) is 5.69 Å². The van der Waals surface area contributed by atoms with Gasteiger partial charge in [0, 0.05) is 6.07 Å². The second-order valence-electron chi connectivity index (χ2n) is 3.67. The molecule has 1 aromatic carbocycles. The summed E-state index contributed by atoms with van der Waals surface area (Å²) in [5.74, 6) is -1.15. The Balaban J connectivity index is 2.45. The van der Waals surface area contributed by atoms with Gasteiger partial charge in [0.15, 0.2) is 0 Å². The highest BCUT2D eigenvalue weighted by Crippen LogP contribution is 2.08. The number of nitrogens with zero attached hydrogens (tertiary/aromatic N) is 1. The SMILES string of the molecule is CCc1ccc(-n2[nH]c(C(=O)O)cc2=O)cc1. The van der Waals surface area contributed by atoms with Crippen LogP contribution >= 0.6 is 0 Å². The topological polar surface area (TPSA) is 75.1 Å². The number of rotatable bonds is 3. The zero-order valence-corrected chi connectivity index (χ0v) is 9.30. The van der Waals surface area contributed by atoms with Crippen molar-refractivity contribution in [3.8, 4) is 5.69 Å². The number of nitrogens with one attached hydrogen (secondary N) is 1. The molecule has 0 saturated heterocycles. The number of hydrogen-bond acceptors (Lipinski definition) is 2. The fourth-order valence-corrected chi connectivity index (χ4v) is 1.58. The van der Waals surface area contributed by atoms with Crippen molar-refractivity contribution in [2.75, 3.05) is 0 Å². The molecule has 88 valence electrons. The molecule has 0 saturated carbocycles. The third-order valence-corrected chi connectivity index (χ3v) is 2.55. The minimum absolute atomic E-state index is 0.116. The summed E-state index contributed by atoms with van der Waals surface area (Å²) < 4.78 is 1.21. The second-order valence-corrected chi connectivity index (χ2v) is 3.67. The van der Waals surface area contributed by atoms with Crippen molar-refractivity contribution in [3.05, 3.63) is 51.9 Å². The molecule has 0 amide bonds. The van der Waals surface area contributed by atoms with Crippen LogP contribution in [-0.2, 0) is 6.42 Å². The van der Waals surface area contributed by atoms with Crippen molar-refractivity contribution >= 4 is 5.97 Å². The molecule has 0 fully saturated rings. The Morgan fingerprint density at radius 2 is 2.00 bits per heavy atom. The van der Waals surface area contributed by atoms with E-state index >= 15 is 0 Å². The summed E-state index contributed by atoms with van der Waals surface area (Å²) >= 11 is 0. The third-order valence-electron chi connectivity index (χ3n) is 2.55. The molecule has 1 aromatic heterocycles. The van der Waals surface area contributed by atoms with Crippen LogP contribution in [0.25, 0.3) is 5.69 Å². The largest absolute Gasteiger partial charge is 0.477 e. The summed E-state index contributed by atoms with van der Waals surface area (Å²) in [5.41, 5.74) is 1.28. The fourth-order valence-electron chi connectivity index (χ4n) is 1.58. The van der Waals surface area contributed by atoms with Crippen LogP contribution in [0, 0.1) is 0 Å². The average molecular weight is 232 g/mol. The molecule has 17 heavy (non-hydrogen) atoms. The Morgan fingerprint density at radius 1 is 1.35 bits per heavy atom. The first-order chi connectivity index (χ1) is 8.11. The van der Waals surface area contributed by atoms with Gasteiger partial charge in [-0.2, -0.15) is 0 Å². The first-order valence-electron chi connectivity index (χ1n) is 5.26. The number of carboxylic acids is 1. The van der Waals surface area contributed by atoms with Crippen molar-refractivity contribution in [2.24, 2.45) is 0 Å². The monoisotopic (exact) mass is 232 g/mol. The summed E-state index contributed by atoms with van der Waals surface area (Å²) in [4.78, 5) is 22.3. The number of hydrogen-bond donors (Lipinski definition) is 2. The molecule has 0 bridgehead atoms. The first-order valence-corrected chi connectivity index (χ1v) is 5.26.